The fraction of sp³-hybridized carbons (Fsp3) is 0.200. The number of carbonyl (C=O) groups is 2. The topological polar surface area (TPSA) is 49.4 Å². The van der Waals surface area contributed by atoms with Crippen LogP contribution in [0.5, 0.6) is 0 Å². The molecule has 0 bridgehead atoms. The van der Waals surface area contributed by atoms with Crippen LogP contribution in [-0.4, -0.2) is 22.8 Å². The maximum absolute atomic E-state index is 13.2. The van der Waals surface area contributed by atoms with Crippen LogP contribution >= 0.6 is 23.2 Å². The number of benzene rings is 3. The second kappa shape index (κ2) is 11.0. The van der Waals surface area contributed by atoms with Crippen molar-refractivity contribution in [1.82, 2.24) is 10.2 Å². The summed E-state index contributed by atoms with van der Waals surface area (Å²) in [5, 5.41) is 4.11. The molecular weight excluding hydrogens is 431 g/mol. The summed E-state index contributed by atoms with van der Waals surface area (Å²) >= 11 is 12.2. The van der Waals surface area contributed by atoms with Gasteiger partial charge in [0.15, 0.2) is 0 Å². The van der Waals surface area contributed by atoms with Gasteiger partial charge >= 0.3 is 0 Å². The molecule has 3 aromatic rings. The predicted molar refractivity (Wildman–Crippen MR) is 125 cm³/mol. The van der Waals surface area contributed by atoms with Crippen molar-refractivity contribution in [2.24, 2.45) is 0 Å². The van der Waals surface area contributed by atoms with Gasteiger partial charge in [-0.25, -0.2) is 0 Å². The van der Waals surface area contributed by atoms with Gasteiger partial charge in [-0.3, -0.25) is 9.59 Å². The summed E-state index contributed by atoms with van der Waals surface area (Å²) in [6, 6.07) is 23.5. The summed E-state index contributed by atoms with van der Waals surface area (Å²) in [5.41, 5.74) is 2.62. The van der Waals surface area contributed by atoms with E-state index >= 15 is 0 Å². The summed E-state index contributed by atoms with van der Waals surface area (Å²) < 4.78 is 0. The first-order chi connectivity index (χ1) is 14.9. The standard InChI is InChI=1S/C25H24Cl2N2O2/c1-18(25(31)28-16-21-9-5-6-10-23(21)27)29(17-20-11-13-22(26)14-12-20)24(30)15-19-7-3-2-4-8-19/h2-14,18H,15-17H2,1H3,(H,28,31). The molecule has 1 unspecified atom stereocenters. The number of nitrogens with one attached hydrogen (secondary N) is 1. The van der Waals surface area contributed by atoms with Crippen LogP contribution in [0, 0.1) is 0 Å². The summed E-state index contributed by atoms with van der Waals surface area (Å²) in [4.78, 5) is 27.7. The molecule has 0 aliphatic heterocycles. The molecule has 160 valence electrons. The first-order valence-electron chi connectivity index (χ1n) is 10.0. The highest BCUT2D eigenvalue weighted by atomic mass is 35.5. The summed E-state index contributed by atoms with van der Waals surface area (Å²) in [6.45, 7) is 2.34. The molecule has 0 spiro atoms. The van der Waals surface area contributed by atoms with Gasteiger partial charge in [-0.1, -0.05) is 83.9 Å². The van der Waals surface area contributed by atoms with Crippen molar-refractivity contribution < 1.29 is 9.59 Å². The average molecular weight is 455 g/mol. The van der Waals surface area contributed by atoms with Crippen LogP contribution in [0.4, 0.5) is 0 Å². The number of hydrogen-bond acceptors (Lipinski definition) is 2. The molecule has 0 aromatic heterocycles. The van der Waals surface area contributed by atoms with E-state index in [0.717, 1.165) is 16.7 Å². The van der Waals surface area contributed by atoms with Crippen LogP contribution in [0.3, 0.4) is 0 Å². The Balaban J connectivity index is 1.74. The van der Waals surface area contributed by atoms with E-state index in [9.17, 15) is 9.59 Å². The average Bonchev–Trinajstić information content (AvgIpc) is 2.78. The maximum atomic E-state index is 13.2. The van der Waals surface area contributed by atoms with E-state index in [1.54, 1.807) is 30.0 Å². The van der Waals surface area contributed by atoms with E-state index in [0.29, 0.717) is 23.1 Å². The van der Waals surface area contributed by atoms with Crippen LogP contribution in [0.1, 0.15) is 23.6 Å². The zero-order valence-corrected chi connectivity index (χ0v) is 18.7. The highest BCUT2D eigenvalue weighted by Gasteiger charge is 2.26. The maximum Gasteiger partial charge on any atom is 0.242 e. The van der Waals surface area contributed by atoms with Crippen molar-refractivity contribution >= 4 is 35.0 Å². The lowest BCUT2D eigenvalue weighted by Gasteiger charge is -2.29. The molecule has 0 aliphatic carbocycles. The molecule has 0 radical (unpaired) electrons. The molecule has 0 aliphatic rings. The normalized spacial score (nSPS) is 11.6. The molecule has 0 saturated carbocycles. The predicted octanol–water partition coefficient (Wildman–Crippen LogP) is 5.27. The van der Waals surface area contributed by atoms with E-state index in [4.69, 9.17) is 23.2 Å². The Labute approximate surface area is 192 Å². The summed E-state index contributed by atoms with van der Waals surface area (Å²) in [7, 11) is 0. The molecule has 1 atom stereocenters. The summed E-state index contributed by atoms with van der Waals surface area (Å²) in [5.74, 6) is -0.364. The molecule has 31 heavy (non-hydrogen) atoms. The molecule has 3 aromatic carbocycles. The highest BCUT2D eigenvalue weighted by Crippen LogP contribution is 2.17. The van der Waals surface area contributed by atoms with Crippen molar-refractivity contribution in [1.29, 1.82) is 0 Å². The Morgan fingerprint density at radius 2 is 1.52 bits per heavy atom. The third-order valence-electron chi connectivity index (χ3n) is 5.04. The molecule has 3 rings (SSSR count). The van der Waals surface area contributed by atoms with Gasteiger partial charge in [-0.05, 0) is 41.8 Å². The van der Waals surface area contributed by atoms with Crippen molar-refractivity contribution in [2.45, 2.75) is 32.5 Å². The van der Waals surface area contributed by atoms with Crippen molar-refractivity contribution in [3.8, 4) is 0 Å². The van der Waals surface area contributed by atoms with E-state index in [1.807, 2.05) is 60.7 Å². The molecule has 0 heterocycles. The zero-order valence-electron chi connectivity index (χ0n) is 17.2. The van der Waals surface area contributed by atoms with Crippen LogP contribution in [0.15, 0.2) is 78.9 Å². The van der Waals surface area contributed by atoms with E-state index in [1.165, 1.54) is 0 Å². The Hall–Kier alpha value is -2.82. The Bertz CT molecular complexity index is 1020. The van der Waals surface area contributed by atoms with Crippen LogP contribution in [0.2, 0.25) is 10.0 Å². The third-order valence-corrected chi connectivity index (χ3v) is 5.66. The molecule has 0 saturated heterocycles. The highest BCUT2D eigenvalue weighted by molar-refractivity contribution is 6.31. The monoisotopic (exact) mass is 454 g/mol. The number of carbonyl (C=O) groups excluding carboxylic acids is 2. The molecule has 6 heteroatoms. The van der Waals surface area contributed by atoms with Crippen molar-refractivity contribution in [2.75, 3.05) is 0 Å². The van der Waals surface area contributed by atoms with E-state index < -0.39 is 6.04 Å². The van der Waals surface area contributed by atoms with Gasteiger partial charge in [0, 0.05) is 23.1 Å². The van der Waals surface area contributed by atoms with E-state index in [-0.39, 0.29) is 18.2 Å². The second-order valence-electron chi connectivity index (χ2n) is 7.30. The number of halogens is 2. The minimum absolute atomic E-state index is 0.124. The third kappa shape index (κ3) is 6.58. The Kier molecular flexibility index (Phi) is 8.10. The Morgan fingerprint density at radius 3 is 2.19 bits per heavy atom. The zero-order chi connectivity index (χ0) is 22.2. The lowest BCUT2D eigenvalue weighted by Crippen LogP contribution is -2.48. The van der Waals surface area contributed by atoms with Gasteiger partial charge in [-0.2, -0.15) is 0 Å². The fourth-order valence-electron chi connectivity index (χ4n) is 3.21. The molecule has 4 nitrogen and oxygen atoms in total. The fourth-order valence-corrected chi connectivity index (χ4v) is 3.54. The van der Waals surface area contributed by atoms with Crippen LogP contribution in [0.25, 0.3) is 0 Å². The van der Waals surface area contributed by atoms with Crippen molar-refractivity contribution in [3.05, 3.63) is 106 Å². The number of rotatable bonds is 8. The van der Waals surface area contributed by atoms with E-state index in [2.05, 4.69) is 5.32 Å². The second-order valence-corrected chi connectivity index (χ2v) is 8.14. The number of amides is 2. The minimum atomic E-state index is -0.658. The smallest absolute Gasteiger partial charge is 0.242 e. The van der Waals surface area contributed by atoms with Crippen LogP contribution < -0.4 is 5.32 Å². The van der Waals surface area contributed by atoms with Gasteiger partial charge in [0.1, 0.15) is 6.04 Å². The van der Waals surface area contributed by atoms with Gasteiger partial charge in [0.25, 0.3) is 0 Å². The van der Waals surface area contributed by atoms with Crippen LogP contribution in [-0.2, 0) is 29.1 Å². The molecule has 0 fully saturated rings. The quantitative estimate of drug-likeness (QED) is 0.503. The lowest BCUT2D eigenvalue weighted by molar-refractivity contribution is -0.140. The summed E-state index contributed by atoms with van der Waals surface area (Å²) in [6.07, 6.45) is 0.219. The lowest BCUT2D eigenvalue weighted by atomic mass is 10.1. The largest absolute Gasteiger partial charge is 0.350 e. The van der Waals surface area contributed by atoms with Gasteiger partial charge in [0.05, 0.1) is 6.42 Å². The number of nitrogens with zero attached hydrogens (tertiary/aromatic N) is 1. The minimum Gasteiger partial charge on any atom is -0.350 e. The number of hydrogen-bond donors (Lipinski definition) is 1. The van der Waals surface area contributed by atoms with Gasteiger partial charge in [-0.15, -0.1) is 0 Å². The van der Waals surface area contributed by atoms with Gasteiger partial charge < -0.3 is 10.2 Å². The first-order valence-corrected chi connectivity index (χ1v) is 10.8. The molecular formula is C25H24Cl2N2O2. The SMILES string of the molecule is CC(C(=O)NCc1ccccc1Cl)N(Cc1ccc(Cl)cc1)C(=O)Cc1ccccc1. The van der Waals surface area contributed by atoms with Crippen molar-refractivity contribution in [3.63, 3.8) is 0 Å². The molecule has 2 amide bonds. The van der Waals surface area contributed by atoms with Gasteiger partial charge in [0.2, 0.25) is 11.8 Å². The first kappa shape index (κ1) is 22.9. The Morgan fingerprint density at radius 1 is 0.871 bits per heavy atom. The molecule has 1 N–H and O–H groups in total.